The van der Waals surface area contributed by atoms with Crippen LogP contribution in [0.3, 0.4) is 0 Å². The summed E-state index contributed by atoms with van der Waals surface area (Å²) in [5, 5.41) is 15.1. The van der Waals surface area contributed by atoms with E-state index < -0.39 is 0 Å². The van der Waals surface area contributed by atoms with Crippen LogP contribution in [0.1, 0.15) is 30.5 Å². The van der Waals surface area contributed by atoms with Gasteiger partial charge >= 0.3 is 0 Å². The van der Waals surface area contributed by atoms with Crippen molar-refractivity contribution in [2.24, 2.45) is 0 Å². The topological polar surface area (TPSA) is 55.2 Å². The van der Waals surface area contributed by atoms with Gasteiger partial charge in [0.1, 0.15) is 5.69 Å². The van der Waals surface area contributed by atoms with Crippen LogP contribution in [0.25, 0.3) is 0 Å². The van der Waals surface area contributed by atoms with Crippen molar-refractivity contribution < 1.29 is 4.92 Å². The van der Waals surface area contributed by atoms with E-state index in [-0.39, 0.29) is 16.7 Å². The second kappa shape index (κ2) is 6.59. The molecule has 0 fully saturated rings. The molecule has 0 radical (unpaired) electrons. The van der Waals surface area contributed by atoms with Gasteiger partial charge in [-0.15, -0.1) is 0 Å². The second-order valence-corrected chi connectivity index (χ2v) is 5.37. The van der Waals surface area contributed by atoms with Gasteiger partial charge in [-0.05, 0) is 42.7 Å². The van der Waals surface area contributed by atoms with E-state index in [1.54, 1.807) is 12.1 Å². The Bertz CT molecular complexity index is 641. The lowest BCUT2D eigenvalue weighted by atomic mass is 10.0. The zero-order chi connectivity index (χ0) is 15.4. The molecule has 2 aromatic rings. The Morgan fingerprint density at radius 2 is 1.90 bits per heavy atom. The first-order valence-corrected chi connectivity index (χ1v) is 7.16. The molecule has 2 aromatic carbocycles. The van der Waals surface area contributed by atoms with Crippen molar-refractivity contribution in [3.8, 4) is 0 Å². The molecule has 21 heavy (non-hydrogen) atoms. The largest absolute Gasteiger partial charge is 0.373 e. The van der Waals surface area contributed by atoms with Crippen LogP contribution >= 0.6 is 11.6 Å². The van der Waals surface area contributed by atoms with Gasteiger partial charge in [-0.25, -0.2) is 0 Å². The minimum Gasteiger partial charge on any atom is -0.373 e. The number of halogens is 1. The number of nitro groups is 1. The molecular weight excluding hydrogens is 288 g/mol. The van der Waals surface area contributed by atoms with Crippen LogP contribution < -0.4 is 5.32 Å². The summed E-state index contributed by atoms with van der Waals surface area (Å²) in [6.45, 7) is 3.95. The Morgan fingerprint density at radius 1 is 1.24 bits per heavy atom. The summed E-state index contributed by atoms with van der Waals surface area (Å²) in [7, 11) is 0. The third-order valence-electron chi connectivity index (χ3n) is 3.36. The zero-order valence-corrected chi connectivity index (χ0v) is 12.7. The molecule has 0 saturated heterocycles. The lowest BCUT2D eigenvalue weighted by molar-refractivity contribution is -0.384. The number of anilines is 1. The van der Waals surface area contributed by atoms with Crippen LogP contribution in [0.4, 0.5) is 11.4 Å². The predicted octanol–water partition coefficient (Wildman–Crippen LogP) is 5.12. The number of rotatable bonds is 5. The maximum Gasteiger partial charge on any atom is 0.292 e. The summed E-state index contributed by atoms with van der Waals surface area (Å²) in [5.41, 5.74) is 2.67. The van der Waals surface area contributed by atoms with Gasteiger partial charge in [-0.1, -0.05) is 36.7 Å². The lowest BCUT2D eigenvalue weighted by Gasteiger charge is -2.19. The third-order valence-corrected chi connectivity index (χ3v) is 3.61. The number of nitro benzene ring substituents is 1. The maximum absolute atomic E-state index is 11.1. The first-order chi connectivity index (χ1) is 10.0. The Labute approximate surface area is 128 Å². The average Bonchev–Trinajstić information content (AvgIpc) is 2.45. The standard InChI is InChI=1S/C16H17ClN2O2/c1-3-14(12-5-7-13(17)8-6-12)18-15-10-11(2)4-9-16(15)19(20)21/h4-10,14,18H,3H2,1-2H3. The molecule has 1 atom stereocenters. The van der Waals surface area contributed by atoms with Crippen molar-refractivity contribution in [3.63, 3.8) is 0 Å². The molecule has 0 amide bonds. The molecule has 1 unspecified atom stereocenters. The van der Waals surface area contributed by atoms with Gasteiger partial charge in [0.05, 0.1) is 11.0 Å². The Morgan fingerprint density at radius 3 is 2.48 bits per heavy atom. The molecule has 1 N–H and O–H groups in total. The minimum absolute atomic E-state index is 0.00256. The molecule has 2 rings (SSSR count). The quantitative estimate of drug-likeness (QED) is 0.616. The molecule has 110 valence electrons. The van der Waals surface area contributed by atoms with Gasteiger partial charge in [-0.2, -0.15) is 0 Å². The van der Waals surface area contributed by atoms with E-state index >= 15 is 0 Å². The first kappa shape index (κ1) is 15.3. The fourth-order valence-electron chi connectivity index (χ4n) is 2.23. The fraction of sp³-hybridized carbons (Fsp3) is 0.250. The molecule has 0 spiro atoms. The highest BCUT2D eigenvalue weighted by Crippen LogP contribution is 2.30. The van der Waals surface area contributed by atoms with Gasteiger partial charge in [0.25, 0.3) is 5.69 Å². The number of nitrogens with one attached hydrogen (secondary N) is 1. The van der Waals surface area contributed by atoms with Gasteiger partial charge in [0, 0.05) is 11.1 Å². The van der Waals surface area contributed by atoms with E-state index in [0.29, 0.717) is 10.7 Å². The molecule has 0 aliphatic carbocycles. The van der Waals surface area contributed by atoms with Crippen molar-refractivity contribution in [2.45, 2.75) is 26.3 Å². The summed E-state index contributed by atoms with van der Waals surface area (Å²) in [6, 6.07) is 12.6. The Hall–Kier alpha value is -2.07. The number of hydrogen-bond donors (Lipinski definition) is 1. The summed E-state index contributed by atoms with van der Waals surface area (Å²) in [5.74, 6) is 0. The van der Waals surface area contributed by atoms with Crippen LogP contribution in [-0.4, -0.2) is 4.92 Å². The average molecular weight is 305 g/mol. The fourth-order valence-corrected chi connectivity index (χ4v) is 2.35. The van der Waals surface area contributed by atoms with E-state index in [1.165, 1.54) is 6.07 Å². The van der Waals surface area contributed by atoms with Crippen molar-refractivity contribution in [2.75, 3.05) is 5.32 Å². The summed E-state index contributed by atoms with van der Waals surface area (Å²) >= 11 is 5.90. The monoisotopic (exact) mass is 304 g/mol. The molecule has 0 saturated carbocycles. The van der Waals surface area contributed by atoms with Crippen molar-refractivity contribution in [1.29, 1.82) is 0 Å². The maximum atomic E-state index is 11.1. The summed E-state index contributed by atoms with van der Waals surface area (Å²) in [6.07, 6.45) is 0.812. The van der Waals surface area contributed by atoms with E-state index in [2.05, 4.69) is 5.32 Å². The number of benzene rings is 2. The molecular formula is C16H17ClN2O2. The molecule has 0 bridgehead atoms. The van der Waals surface area contributed by atoms with Gasteiger partial charge in [0.2, 0.25) is 0 Å². The SMILES string of the molecule is CCC(Nc1cc(C)ccc1[N+](=O)[O-])c1ccc(Cl)cc1. The highest BCUT2D eigenvalue weighted by Gasteiger charge is 2.17. The number of nitrogens with zero attached hydrogens (tertiary/aromatic N) is 1. The van der Waals surface area contributed by atoms with Crippen molar-refractivity contribution >= 4 is 23.0 Å². The number of hydrogen-bond acceptors (Lipinski definition) is 3. The van der Waals surface area contributed by atoms with E-state index in [4.69, 9.17) is 11.6 Å². The zero-order valence-electron chi connectivity index (χ0n) is 12.0. The van der Waals surface area contributed by atoms with Crippen LogP contribution in [0.2, 0.25) is 5.02 Å². The van der Waals surface area contributed by atoms with Crippen LogP contribution in [0, 0.1) is 17.0 Å². The molecule has 4 nitrogen and oxygen atoms in total. The number of aryl methyl sites for hydroxylation is 1. The Kier molecular flexibility index (Phi) is 4.81. The van der Waals surface area contributed by atoms with E-state index in [0.717, 1.165) is 17.5 Å². The first-order valence-electron chi connectivity index (χ1n) is 6.78. The molecule has 0 heterocycles. The molecule has 0 aromatic heterocycles. The van der Waals surface area contributed by atoms with Crippen LogP contribution in [0.5, 0.6) is 0 Å². The third kappa shape index (κ3) is 3.73. The van der Waals surface area contributed by atoms with Gasteiger partial charge < -0.3 is 5.32 Å². The van der Waals surface area contributed by atoms with E-state index in [9.17, 15) is 10.1 Å². The molecule has 0 aliphatic rings. The van der Waals surface area contributed by atoms with Crippen LogP contribution in [0.15, 0.2) is 42.5 Å². The van der Waals surface area contributed by atoms with Crippen molar-refractivity contribution in [3.05, 3.63) is 68.7 Å². The Balaban J connectivity index is 2.32. The lowest BCUT2D eigenvalue weighted by Crippen LogP contribution is -2.11. The summed E-state index contributed by atoms with van der Waals surface area (Å²) < 4.78 is 0. The highest BCUT2D eigenvalue weighted by molar-refractivity contribution is 6.30. The van der Waals surface area contributed by atoms with Crippen molar-refractivity contribution in [1.82, 2.24) is 0 Å². The highest BCUT2D eigenvalue weighted by atomic mass is 35.5. The van der Waals surface area contributed by atoms with Gasteiger partial charge in [0.15, 0.2) is 0 Å². The minimum atomic E-state index is -0.365. The molecule has 5 heteroatoms. The normalized spacial score (nSPS) is 12.0. The van der Waals surface area contributed by atoms with Gasteiger partial charge in [-0.3, -0.25) is 10.1 Å². The summed E-state index contributed by atoms with van der Waals surface area (Å²) in [4.78, 5) is 10.8. The smallest absolute Gasteiger partial charge is 0.292 e. The predicted molar refractivity (Wildman–Crippen MR) is 85.9 cm³/mol. The van der Waals surface area contributed by atoms with E-state index in [1.807, 2.05) is 38.1 Å². The second-order valence-electron chi connectivity index (χ2n) is 4.93. The molecule has 0 aliphatic heterocycles. The van der Waals surface area contributed by atoms with Crippen LogP contribution in [-0.2, 0) is 0 Å².